The molecule has 2 aromatic carbocycles. The van der Waals surface area contributed by atoms with Crippen LogP contribution in [0.4, 0.5) is 16.6 Å². The van der Waals surface area contributed by atoms with Crippen LogP contribution in [-0.4, -0.2) is 59.2 Å². The monoisotopic (exact) mass is 571 g/mol. The van der Waals surface area contributed by atoms with E-state index in [0.717, 1.165) is 41.3 Å². The van der Waals surface area contributed by atoms with Gasteiger partial charge in [-0.2, -0.15) is 10.1 Å². The third kappa shape index (κ3) is 6.80. The van der Waals surface area contributed by atoms with Crippen LogP contribution in [0.3, 0.4) is 0 Å². The van der Waals surface area contributed by atoms with E-state index < -0.39 is 0 Å². The van der Waals surface area contributed by atoms with Crippen LogP contribution < -0.4 is 25.0 Å². The number of para-hydroxylation sites is 1. The number of methoxy groups -OCH3 is 1. The summed E-state index contributed by atoms with van der Waals surface area (Å²) in [4.78, 5) is 24.2. The Morgan fingerprint density at radius 1 is 1.05 bits per heavy atom. The van der Waals surface area contributed by atoms with Crippen molar-refractivity contribution in [3.8, 4) is 23.1 Å². The number of nitrogens with zero attached hydrogens (tertiary/aromatic N) is 5. The van der Waals surface area contributed by atoms with E-state index >= 15 is 0 Å². The largest absolute Gasteiger partial charge is 0.496 e. The van der Waals surface area contributed by atoms with Crippen molar-refractivity contribution in [1.29, 1.82) is 0 Å². The lowest BCUT2D eigenvalue weighted by Crippen LogP contribution is -2.37. The summed E-state index contributed by atoms with van der Waals surface area (Å²) >= 11 is 0. The van der Waals surface area contributed by atoms with Gasteiger partial charge in [-0.3, -0.25) is 5.32 Å². The minimum absolute atomic E-state index is 0.210. The second-order valence-corrected chi connectivity index (χ2v) is 11.0. The fraction of sp³-hybridized carbons (Fsp3) is 0.355. The van der Waals surface area contributed by atoms with Crippen molar-refractivity contribution in [2.45, 2.75) is 39.7 Å². The number of benzene rings is 2. The van der Waals surface area contributed by atoms with Crippen LogP contribution in [0.2, 0.25) is 0 Å². The molecule has 1 fully saturated rings. The Balaban J connectivity index is 1.29. The molecular formula is C31H37N7O4. The summed E-state index contributed by atoms with van der Waals surface area (Å²) in [5, 5.41) is 10.7. The molecule has 1 aliphatic heterocycles. The lowest BCUT2D eigenvalue weighted by atomic mass is 9.92. The summed E-state index contributed by atoms with van der Waals surface area (Å²) in [6.07, 6.45) is 1.68. The van der Waals surface area contributed by atoms with Gasteiger partial charge in [0.05, 0.1) is 31.7 Å². The summed E-state index contributed by atoms with van der Waals surface area (Å²) in [5.74, 6) is 2.97. The average molecular weight is 572 g/mol. The number of carbonyl (C=O) groups excluding carboxylic acids is 1. The van der Waals surface area contributed by atoms with Crippen LogP contribution in [0.25, 0.3) is 5.69 Å². The van der Waals surface area contributed by atoms with E-state index in [0.29, 0.717) is 36.6 Å². The number of urea groups is 1. The zero-order chi connectivity index (χ0) is 29.7. The third-order valence-corrected chi connectivity index (χ3v) is 6.88. The molecule has 220 valence electrons. The standard InChI is InChI=1S/C31H37N7O4/c1-21-18-23(10-11-24(21)40-5)38-27(19-26(36-38)31(2,3)4)34-30(39)33-20-22-8-6-7-9-25(22)42-28-12-13-32-29(35-28)37-14-16-41-17-15-37/h6-13,18-19H,14-17,20H2,1-5H3,(H2,33,34,39). The Morgan fingerprint density at radius 3 is 2.57 bits per heavy atom. The first-order valence-electron chi connectivity index (χ1n) is 13.9. The smallest absolute Gasteiger partial charge is 0.320 e. The maximum Gasteiger partial charge on any atom is 0.320 e. The van der Waals surface area contributed by atoms with Gasteiger partial charge in [-0.25, -0.2) is 14.5 Å². The SMILES string of the molecule is COc1ccc(-n2nc(C(C)(C)C)cc2NC(=O)NCc2ccccc2Oc2ccnc(N3CCOCC3)n2)cc1C. The van der Waals surface area contributed by atoms with Crippen molar-refractivity contribution in [3.05, 3.63) is 77.6 Å². The molecule has 11 heteroatoms. The summed E-state index contributed by atoms with van der Waals surface area (Å²) in [5.41, 5.74) is 3.23. The van der Waals surface area contributed by atoms with Crippen LogP contribution in [0, 0.1) is 6.92 Å². The number of amides is 2. The summed E-state index contributed by atoms with van der Waals surface area (Å²) in [6.45, 7) is 11.2. The van der Waals surface area contributed by atoms with Crippen molar-refractivity contribution in [1.82, 2.24) is 25.1 Å². The molecule has 0 spiro atoms. The van der Waals surface area contributed by atoms with E-state index in [4.69, 9.17) is 19.3 Å². The second kappa shape index (κ2) is 12.5. The molecule has 0 atom stereocenters. The Labute approximate surface area is 245 Å². The van der Waals surface area contributed by atoms with Gasteiger partial charge >= 0.3 is 6.03 Å². The van der Waals surface area contributed by atoms with Gasteiger partial charge in [0.2, 0.25) is 11.8 Å². The fourth-order valence-corrected chi connectivity index (χ4v) is 4.53. The summed E-state index contributed by atoms with van der Waals surface area (Å²) in [6, 6.07) is 16.6. The molecule has 11 nitrogen and oxygen atoms in total. The highest BCUT2D eigenvalue weighted by atomic mass is 16.5. The first kappa shape index (κ1) is 28.9. The normalized spacial score (nSPS) is 13.5. The van der Waals surface area contributed by atoms with Crippen molar-refractivity contribution in [2.75, 3.05) is 43.6 Å². The van der Waals surface area contributed by atoms with Gasteiger partial charge in [-0.1, -0.05) is 39.0 Å². The molecule has 1 aliphatic rings. The molecule has 0 bridgehead atoms. The molecule has 1 saturated heterocycles. The van der Waals surface area contributed by atoms with E-state index in [2.05, 4.69) is 46.3 Å². The van der Waals surface area contributed by atoms with E-state index in [1.54, 1.807) is 24.1 Å². The molecule has 42 heavy (non-hydrogen) atoms. The number of carbonyl (C=O) groups is 1. The minimum atomic E-state index is -0.367. The first-order chi connectivity index (χ1) is 20.2. The Hall–Kier alpha value is -4.64. The van der Waals surface area contributed by atoms with E-state index in [9.17, 15) is 4.79 Å². The quantitative estimate of drug-likeness (QED) is 0.296. The number of hydrogen-bond donors (Lipinski definition) is 2. The molecule has 0 aliphatic carbocycles. The average Bonchev–Trinajstić information content (AvgIpc) is 3.42. The van der Waals surface area contributed by atoms with Crippen molar-refractivity contribution >= 4 is 17.8 Å². The van der Waals surface area contributed by atoms with Crippen molar-refractivity contribution in [2.24, 2.45) is 0 Å². The van der Waals surface area contributed by atoms with Crippen molar-refractivity contribution < 1.29 is 19.0 Å². The van der Waals surface area contributed by atoms with Gasteiger partial charge in [0, 0.05) is 48.9 Å². The lowest BCUT2D eigenvalue weighted by Gasteiger charge is -2.26. The van der Waals surface area contributed by atoms with Crippen LogP contribution in [-0.2, 0) is 16.7 Å². The number of aryl methyl sites for hydroxylation is 1. The minimum Gasteiger partial charge on any atom is -0.496 e. The number of rotatable bonds is 8. The molecule has 3 heterocycles. The molecule has 0 saturated carbocycles. The highest BCUT2D eigenvalue weighted by Crippen LogP contribution is 2.29. The molecular weight excluding hydrogens is 534 g/mol. The van der Waals surface area contributed by atoms with Crippen LogP contribution in [0.5, 0.6) is 17.4 Å². The third-order valence-electron chi connectivity index (χ3n) is 6.88. The van der Waals surface area contributed by atoms with Crippen LogP contribution in [0.15, 0.2) is 60.8 Å². The molecule has 0 radical (unpaired) electrons. The first-order valence-corrected chi connectivity index (χ1v) is 13.9. The van der Waals surface area contributed by atoms with E-state index in [1.807, 2.05) is 55.5 Å². The highest BCUT2D eigenvalue weighted by molar-refractivity contribution is 5.88. The Bertz CT molecular complexity index is 1540. The molecule has 2 N–H and O–H groups in total. The number of ether oxygens (including phenoxy) is 3. The zero-order valence-electron chi connectivity index (χ0n) is 24.7. The second-order valence-electron chi connectivity index (χ2n) is 11.0. The Morgan fingerprint density at radius 2 is 1.83 bits per heavy atom. The number of morpholine rings is 1. The van der Waals surface area contributed by atoms with Gasteiger partial charge in [0.15, 0.2) is 0 Å². The molecule has 0 unspecified atom stereocenters. The highest BCUT2D eigenvalue weighted by Gasteiger charge is 2.22. The van der Waals surface area contributed by atoms with Crippen molar-refractivity contribution in [3.63, 3.8) is 0 Å². The molecule has 2 aromatic heterocycles. The molecule has 2 amide bonds. The maximum atomic E-state index is 13.1. The fourth-order valence-electron chi connectivity index (χ4n) is 4.53. The topological polar surface area (TPSA) is 116 Å². The lowest BCUT2D eigenvalue weighted by molar-refractivity contribution is 0.122. The predicted octanol–water partition coefficient (Wildman–Crippen LogP) is 5.23. The molecule has 5 rings (SSSR count). The van der Waals surface area contributed by atoms with E-state index in [1.165, 1.54) is 0 Å². The maximum absolute atomic E-state index is 13.1. The van der Waals surface area contributed by atoms with Gasteiger partial charge < -0.3 is 24.4 Å². The van der Waals surface area contributed by atoms with Gasteiger partial charge in [0.1, 0.15) is 17.3 Å². The number of hydrogen-bond acceptors (Lipinski definition) is 8. The van der Waals surface area contributed by atoms with Gasteiger partial charge in [0.25, 0.3) is 0 Å². The summed E-state index contributed by atoms with van der Waals surface area (Å²) in [7, 11) is 1.64. The van der Waals surface area contributed by atoms with Gasteiger partial charge in [-0.05, 0) is 36.8 Å². The number of aromatic nitrogens is 4. The van der Waals surface area contributed by atoms with Crippen LogP contribution >= 0.6 is 0 Å². The van der Waals surface area contributed by atoms with Gasteiger partial charge in [-0.15, -0.1) is 0 Å². The Kier molecular flexibility index (Phi) is 8.58. The van der Waals surface area contributed by atoms with Crippen LogP contribution in [0.1, 0.15) is 37.6 Å². The summed E-state index contributed by atoms with van der Waals surface area (Å²) < 4.78 is 18.7. The predicted molar refractivity (Wildman–Crippen MR) is 161 cm³/mol. The number of nitrogens with one attached hydrogen (secondary N) is 2. The van der Waals surface area contributed by atoms with E-state index in [-0.39, 0.29) is 18.0 Å². The zero-order valence-corrected chi connectivity index (χ0v) is 24.7. The molecule has 4 aromatic rings. The number of anilines is 2.